The van der Waals surface area contributed by atoms with Gasteiger partial charge in [-0.05, 0) is 23.6 Å². The van der Waals surface area contributed by atoms with E-state index in [0.717, 1.165) is 11.1 Å². The van der Waals surface area contributed by atoms with E-state index in [1.165, 1.54) is 0 Å². The lowest BCUT2D eigenvalue weighted by atomic mass is 9.88. The lowest BCUT2D eigenvalue weighted by Gasteiger charge is -2.16. The van der Waals surface area contributed by atoms with Crippen molar-refractivity contribution < 1.29 is 19.8 Å². The second kappa shape index (κ2) is 7.40. The van der Waals surface area contributed by atoms with E-state index in [9.17, 15) is 14.7 Å². The Bertz CT molecular complexity index is 715. The number of carboxylic acids is 2. The van der Waals surface area contributed by atoms with Crippen molar-refractivity contribution in [2.24, 2.45) is 5.92 Å². The molecule has 0 aliphatic carbocycles. The van der Waals surface area contributed by atoms with Crippen molar-refractivity contribution in [1.29, 1.82) is 0 Å². The van der Waals surface area contributed by atoms with Crippen LogP contribution in [0.15, 0.2) is 54.6 Å². The summed E-state index contributed by atoms with van der Waals surface area (Å²) in [4.78, 5) is 22.6. The maximum absolute atomic E-state index is 11.6. The van der Waals surface area contributed by atoms with E-state index in [1.807, 2.05) is 37.3 Å². The molecule has 0 unspecified atom stereocenters. The highest BCUT2D eigenvalue weighted by Gasteiger charge is 2.26. The summed E-state index contributed by atoms with van der Waals surface area (Å²) in [5, 5.41) is 18.5. The fourth-order valence-electron chi connectivity index (χ4n) is 2.36. The first-order chi connectivity index (χ1) is 11.0. The Labute approximate surface area is 134 Å². The second-order valence-corrected chi connectivity index (χ2v) is 5.37. The minimum Gasteiger partial charge on any atom is -0.481 e. The van der Waals surface area contributed by atoms with Gasteiger partial charge >= 0.3 is 11.9 Å². The molecule has 0 amide bonds. The Hall–Kier alpha value is -2.88. The third-order valence-corrected chi connectivity index (χ3v) is 3.56. The van der Waals surface area contributed by atoms with Crippen LogP contribution in [0.4, 0.5) is 0 Å². The molecule has 0 saturated heterocycles. The first-order valence-electron chi connectivity index (χ1n) is 7.25. The maximum atomic E-state index is 11.6. The van der Waals surface area contributed by atoms with Crippen LogP contribution in [0.25, 0.3) is 11.6 Å². The quantitative estimate of drug-likeness (QED) is 0.798. The molecule has 2 N–H and O–H groups in total. The molecule has 0 aromatic heterocycles. The number of carbonyl (C=O) groups is 2. The molecule has 0 fully saturated rings. The highest BCUT2D eigenvalue weighted by molar-refractivity contribution is 5.96. The van der Waals surface area contributed by atoms with Crippen molar-refractivity contribution in [3.05, 3.63) is 71.3 Å². The molecule has 2 aromatic carbocycles. The van der Waals surface area contributed by atoms with Crippen LogP contribution in [0.3, 0.4) is 0 Å². The molecule has 4 nitrogen and oxygen atoms in total. The van der Waals surface area contributed by atoms with Gasteiger partial charge in [0.25, 0.3) is 0 Å². The van der Waals surface area contributed by atoms with Crippen molar-refractivity contribution in [3.63, 3.8) is 0 Å². The summed E-state index contributed by atoms with van der Waals surface area (Å²) in [7, 11) is 0. The highest BCUT2D eigenvalue weighted by Crippen LogP contribution is 2.29. The second-order valence-electron chi connectivity index (χ2n) is 5.37. The summed E-state index contributed by atoms with van der Waals surface area (Å²) in [5.74, 6) is -3.38. The Morgan fingerprint density at radius 1 is 1.00 bits per heavy atom. The minimum atomic E-state index is -1.14. The van der Waals surface area contributed by atoms with Crippen LogP contribution < -0.4 is 0 Å². The molecule has 0 heterocycles. The van der Waals surface area contributed by atoms with Crippen molar-refractivity contribution >= 4 is 23.6 Å². The SMILES string of the molecule is Cc1ccc(/C=C(\c2ccccc2)[C@@H](CC(=O)O)C(=O)O)cc1. The molecule has 0 aliphatic heterocycles. The standard InChI is InChI=1S/C19H18O4/c1-13-7-9-14(10-8-13)11-16(15-5-3-2-4-6-15)17(19(22)23)12-18(20)21/h2-11,17H,12H2,1H3,(H,20,21)(H,22,23)/b16-11+/t17-/m1/s1. The van der Waals surface area contributed by atoms with Gasteiger partial charge in [-0.1, -0.05) is 66.2 Å². The number of hydrogen-bond donors (Lipinski definition) is 2. The Morgan fingerprint density at radius 2 is 1.61 bits per heavy atom. The van der Waals surface area contributed by atoms with E-state index in [4.69, 9.17) is 5.11 Å². The molecule has 0 radical (unpaired) electrons. The van der Waals surface area contributed by atoms with Crippen molar-refractivity contribution in [2.75, 3.05) is 0 Å². The van der Waals surface area contributed by atoms with E-state index in [1.54, 1.807) is 30.3 Å². The van der Waals surface area contributed by atoms with Gasteiger partial charge in [0, 0.05) is 0 Å². The van der Waals surface area contributed by atoms with Crippen molar-refractivity contribution in [1.82, 2.24) is 0 Å². The van der Waals surface area contributed by atoms with Crippen LogP contribution in [0, 0.1) is 12.8 Å². The predicted octanol–water partition coefficient (Wildman–Crippen LogP) is 3.71. The highest BCUT2D eigenvalue weighted by atomic mass is 16.4. The Kier molecular flexibility index (Phi) is 5.31. The fourth-order valence-corrected chi connectivity index (χ4v) is 2.36. The van der Waals surface area contributed by atoms with Gasteiger partial charge in [0.1, 0.15) is 0 Å². The molecule has 4 heteroatoms. The molecule has 1 atom stereocenters. The number of aryl methyl sites for hydroxylation is 1. The number of benzene rings is 2. The maximum Gasteiger partial charge on any atom is 0.311 e. The van der Waals surface area contributed by atoms with Crippen molar-refractivity contribution in [2.45, 2.75) is 13.3 Å². The summed E-state index contributed by atoms with van der Waals surface area (Å²) in [6, 6.07) is 16.7. The molecular weight excluding hydrogens is 292 g/mol. The predicted molar refractivity (Wildman–Crippen MR) is 88.9 cm³/mol. The number of aliphatic carboxylic acids is 2. The first kappa shape index (κ1) is 16.5. The normalized spacial score (nSPS) is 12.7. The molecule has 118 valence electrons. The van der Waals surface area contributed by atoms with E-state index in [0.29, 0.717) is 11.1 Å². The molecule has 2 aromatic rings. The molecule has 0 saturated carbocycles. The minimum absolute atomic E-state index is 0.456. The van der Waals surface area contributed by atoms with E-state index >= 15 is 0 Å². The van der Waals surface area contributed by atoms with Crippen molar-refractivity contribution in [3.8, 4) is 0 Å². The summed E-state index contributed by atoms with van der Waals surface area (Å²) in [6.45, 7) is 1.97. The largest absolute Gasteiger partial charge is 0.481 e. The van der Waals surface area contributed by atoms with Gasteiger partial charge in [-0.15, -0.1) is 0 Å². The molecule has 0 spiro atoms. The average Bonchev–Trinajstić information content (AvgIpc) is 2.53. The fraction of sp³-hybridized carbons (Fsp3) is 0.158. The Balaban J connectivity index is 2.52. The lowest BCUT2D eigenvalue weighted by Crippen LogP contribution is -2.19. The Morgan fingerprint density at radius 3 is 2.13 bits per heavy atom. The van der Waals surface area contributed by atoms with Crippen LogP contribution in [0.5, 0.6) is 0 Å². The van der Waals surface area contributed by atoms with E-state index < -0.39 is 24.3 Å². The van der Waals surface area contributed by atoms with Gasteiger partial charge in [-0.3, -0.25) is 9.59 Å². The molecule has 23 heavy (non-hydrogen) atoms. The van der Waals surface area contributed by atoms with Gasteiger partial charge in [-0.25, -0.2) is 0 Å². The topological polar surface area (TPSA) is 74.6 Å². The lowest BCUT2D eigenvalue weighted by molar-refractivity contribution is -0.146. The smallest absolute Gasteiger partial charge is 0.311 e. The zero-order valence-corrected chi connectivity index (χ0v) is 12.8. The number of rotatable bonds is 6. The van der Waals surface area contributed by atoms with Gasteiger partial charge in [0.2, 0.25) is 0 Å². The van der Waals surface area contributed by atoms with Gasteiger partial charge in [0.15, 0.2) is 0 Å². The zero-order valence-electron chi connectivity index (χ0n) is 12.8. The van der Waals surface area contributed by atoms with Gasteiger partial charge in [-0.2, -0.15) is 0 Å². The van der Waals surface area contributed by atoms with Crippen LogP contribution in [-0.2, 0) is 9.59 Å². The average molecular weight is 310 g/mol. The first-order valence-corrected chi connectivity index (χ1v) is 7.25. The van der Waals surface area contributed by atoms with Crippen LogP contribution >= 0.6 is 0 Å². The summed E-state index contributed by atoms with van der Waals surface area (Å²) in [6.07, 6.45) is 1.29. The molecule has 0 aliphatic rings. The molecule has 2 rings (SSSR count). The molecule has 0 bridgehead atoms. The summed E-state index contributed by atoms with van der Waals surface area (Å²) < 4.78 is 0. The van der Waals surface area contributed by atoms with Crippen LogP contribution in [-0.4, -0.2) is 22.2 Å². The van der Waals surface area contributed by atoms with E-state index in [-0.39, 0.29) is 0 Å². The van der Waals surface area contributed by atoms with Gasteiger partial charge < -0.3 is 10.2 Å². The summed E-state index contributed by atoms with van der Waals surface area (Å²) >= 11 is 0. The summed E-state index contributed by atoms with van der Waals surface area (Å²) in [5.41, 5.74) is 3.14. The third-order valence-electron chi connectivity index (χ3n) is 3.56. The van der Waals surface area contributed by atoms with Crippen LogP contribution in [0.2, 0.25) is 0 Å². The van der Waals surface area contributed by atoms with E-state index in [2.05, 4.69) is 0 Å². The number of hydrogen-bond acceptors (Lipinski definition) is 2. The van der Waals surface area contributed by atoms with Crippen LogP contribution in [0.1, 0.15) is 23.1 Å². The monoisotopic (exact) mass is 310 g/mol. The third kappa shape index (κ3) is 4.54. The zero-order chi connectivity index (χ0) is 16.8. The molecular formula is C19H18O4. The van der Waals surface area contributed by atoms with Gasteiger partial charge in [0.05, 0.1) is 12.3 Å². The number of carboxylic acid groups (broad SMARTS) is 2.